The molecule has 0 saturated heterocycles. The van der Waals surface area contributed by atoms with E-state index in [1.54, 1.807) is 121 Å². The lowest BCUT2D eigenvalue weighted by molar-refractivity contribution is -0.116. The summed E-state index contributed by atoms with van der Waals surface area (Å²) in [5.74, 6) is -1.56. The lowest BCUT2D eigenvalue weighted by Gasteiger charge is -2.22. The predicted molar refractivity (Wildman–Crippen MR) is 213 cm³/mol. The van der Waals surface area contributed by atoms with Crippen LogP contribution in [0.2, 0.25) is 0 Å². The van der Waals surface area contributed by atoms with E-state index in [9.17, 15) is 24.0 Å². The molecule has 9 nitrogen and oxygen atoms in total. The molecule has 10 heteroatoms. The maximum atomic E-state index is 14.2. The van der Waals surface area contributed by atoms with Crippen LogP contribution in [-0.4, -0.2) is 36.4 Å². The first-order valence-corrected chi connectivity index (χ1v) is 18.1. The second-order valence-electron chi connectivity index (χ2n) is 12.4. The smallest absolute Gasteiger partial charge is 0.272 e. The summed E-state index contributed by atoms with van der Waals surface area (Å²) < 4.78 is 5.48. The van der Waals surface area contributed by atoms with Crippen LogP contribution in [0.4, 0.5) is 11.4 Å². The molecular formula is C45H33N3O6S. The summed E-state index contributed by atoms with van der Waals surface area (Å²) in [6, 6.07) is 43.4. The van der Waals surface area contributed by atoms with Gasteiger partial charge in [-0.25, -0.2) is 0 Å². The molecule has 270 valence electrons. The number of ether oxygens (including phenoxy) is 1. The van der Waals surface area contributed by atoms with Crippen molar-refractivity contribution in [2.45, 2.75) is 10.1 Å². The van der Waals surface area contributed by atoms with E-state index in [-0.39, 0.29) is 39.6 Å². The molecule has 6 aromatic rings. The Labute approximate surface area is 321 Å². The summed E-state index contributed by atoms with van der Waals surface area (Å²) in [6.07, 6.45) is 1.54. The number of rotatable bonds is 11. The fraction of sp³-hybridized carbons (Fsp3) is 0.0444. The summed E-state index contributed by atoms with van der Waals surface area (Å²) in [7, 11) is 1.52. The van der Waals surface area contributed by atoms with Gasteiger partial charge in [0.2, 0.25) is 5.91 Å². The molecule has 6 aromatic carbocycles. The topological polar surface area (TPSA) is 131 Å². The largest absolute Gasteiger partial charge is 0.496 e. The molecular weight excluding hydrogens is 711 g/mol. The minimum absolute atomic E-state index is 0.0141. The standard InChI is InChI=1S/C45H33N3O6S/c1-54-38-25-11-8-18-30(38)26-37(48-43(51)29-16-6-3-7-17-29)44(52)46-31-19-12-20-32(27-31)55-42(28-14-4-2-5-15-28)45(53)47-36-24-13-23-35-39(36)41(50)34-22-10-9-21-33(34)40(35)49/h2-27,42H,1H3,(H,46,52)(H,47,53)(H,48,51)/b37-26+. The molecule has 0 aliphatic heterocycles. The summed E-state index contributed by atoms with van der Waals surface area (Å²) in [4.78, 5) is 68.9. The third kappa shape index (κ3) is 8.00. The molecule has 1 aliphatic rings. The number of hydrogen-bond acceptors (Lipinski definition) is 7. The Balaban J connectivity index is 1.15. The lowest BCUT2D eigenvalue weighted by atomic mass is 9.83. The Morgan fingerprint density at radius 3 is 2.04 bits per heavy atom. The normalized spacial score (nSPS) is 12.5. The maximum absolute atomic E-state index is 14.2. The fourth-order valence-electron chi connectivity index (χ4n) is 6.21. The van der Waals surface area contributed by atoms with Gasteiger partial charge in [0.1, 0.15) is 16.7 Å². The van der Waals surface area contributed by atoms with E-state index in [4.69, 9.17) is 4.74 Å². The van der Waals surface area contributed by atoms with Crippen LogP contribution in [0.15, 0.2) is 162 Å². The zero-order chi connectivity index (χ0) is 38.3. The van der Waals surface area contributed by atoms with Gasteiger partial charge < -0.3 is 20.7 Å². The summed E-state index contributed by atoms with van der Waals surface area (Å²) in [5, 5.41) is 7.77. The summed E-state index contributed by atoms with van der Waals surface area (Å²) in [5.41, 5.74) is 3.30. The zero-order valence-electron chi connectivity index (χ0n) is 29.4. The van der Waals surface area contributed by atoms with Crippen molar-refractivity contribution in [2.24, 2.45) is 0 Å². The van der Waals surface area contributed by atoms with Gasteiger partial charge in [-0.3, -0.25) is 24.0 Å². The molecule has 3 N–H and O–H groups in total. The summed E-state index contributed by atoms with van der Waals surface area (Å²) in [6.45, 7) is 0. The number of benzene rings is 6. The number of anilines is 2. The van der Waals surface area contributed by atoms with Gasteiger partial charge in [-0.15, -0.1) is 11.8 Å². The molecule has 0 heterocycles. The Kier molecular flexibility index (Phi) is 10.8. The SMILES string of the molecule is COc1ccccc1/C=C(/NC(=O)c1ccccc1)C(=O)Nc1cccc(SC(C(=O)Nc2cccc3c2C(=O)c2ccccc2C3=O)c2ccccc2)c1. The van der Waals surface area contributed by atoms with E-state index < -0.39 is 23.0 Å². The number of nitrogens with one attached hydrogen (secondary N) is 3. The van der Waals surface area contributed by atoms with Crippen LogP contribution < -0.4 is 20.7 Å². The Bertz CT molecular complexity index is 2480. The average molecular weight is 744 g/mol. The zero-order valence-corrected chi connectivity index (χ0v) is 30.3. The van der Waals surface area contributed by atoms with Crippen molar-refractivity contribution in [3.05, 3.63) is 196 Å². The number of para-hydroxylation sites is 1. The van der Waals surface area contributed by atoms with Crippen LogP contribution in [0.1, 0.15) is 58.6 Å². The number of ketones is 2. The first-order chi connectivity index (χ1) is 26.8. The Hall–Kier alpha value is -7.04. The molecule has 0 radical (unpaired) electrons. The Morgan fingerprint density at radius 2 is 1.29 bits per heavy atom. The lowest BCUT2D eigenvalue weighted by Crippen LogP contribution is -2.30. The van der Waals surface area contributed by atoms with E-state index >= 15 is 0 Å². The van der Waals surface area contributed by atoms with Crippen LogP contribution >= 0.6 is 11.8 Å². The van der Waals surface area contributed by atoms with Gasteiger partial charge in [-0.2, -0.15) is 0 Å². The van der Waals surface area contributed by atoms with Crippen molar-refractivity contribution in [3.8, 4) is 5.75 Å². The van der Waals surface area contributed by atoms with Crippen molar-refractivity contribution < 1.29 is 28.7 Å². The summed E-state index contributed by atoms with van der Waals surface area (Å²) >= 11 is 1.25. The minimum atomic E-state index is -0.796. The van der Waals surface area contributed by atoms with Gasteiger partial charge in [0, 0.05) is 38.4 Å². The number of carbonyl (C=O) groups excluding carboxylic acids is 5. The quantitative estimate of drug-likeness (QED) is 0.0897. The van der Waals surface area contributed by atoms with Gasteiger partial charge in [0.25, 0.3) is 11.8 Å². The second kappa shape index (κ2) is 16.3. The van der Waals surface area contributed by atoms with E-state index in [0.717, 1.165) is 0 Å². The van der Waals surface area contributed by atoms with Crippen LogP contribution in [0.25, 0.3) is 6.08 Å². The predicted octanol–water partition coefficient (Wildman–Crippen LogP) is 8.35. The maximum Gasteiger partial charge on any atom is 0.272 e. The molecule has 1 unspecified atom stereocenters. The van der Waals surface area contributed by atoms with Crippen molar-refractivity contribution in [1.29, 1.82) is 0 Å². The number of amides is 3. The molecule has 0 saturated carbocycles. The van der Waals surface area contributed by atoms with Crippen LogP contribution in [0.3, 0.4) is 0 Å². The molecule has 7 rings (SSSR count). The molecule has 1 aliphatic carbocycles. The van der Waals surface area contributed by atoms with E-state index in [1.165, 1.54) is 18.9 Å². The third-order valence-electron chi connectivity index (χ3n) is 8.86. The average Bonchev–Trinajstić information content (AvgIpc) is 3.22. The number of fused-ring (bicyclic) bond motifs is 2. The number of carbonyl (C=O) groups is 5. The van der Waals surface area contributed by atoms with Gasteiger partial charge in [-0.05, 0) is 54.1 Å². The molecule has 55 heavy (non-hydrogen) atoms. The van der Waals surface area contributed by atoms with Crippen molar-refractivity contribution in [1.82, 2.24) is 5.32 Å². The highest BCUT2D eigenvalue weighted by Gasteiger charge is 2.33. The van der Waals surface area contributed by atoms with Crippen LogP contribution in [-0.2, 0) is 9.59 Å². The molecule has 0 fully saturated rings. The highest BCUT2D eigenvalue weighted by molar-refractivity contribution is 8.00. The van der Waals surface area contributed by atoms with Crippen molar-refractivity contribution in [3.63, 3.8) is 0 Å². The van der Waals surface area contributed by atoms with Gasteiger partial charge >= 0.3 is 0 Å². The van der Waals surface area contributed by atoms with E-state index in [1.807, 2.05) is 36.4 Å². The van der Waals surface area contributed by atoms with E-state index in [2.05, 4.69) is 16.0 Å². The monoisotopic (exact) mass is 743 g/mol. The molecule has 3 amide bonds. The van der Waals surface area contributed by atoms with Crippen molar-refractivity contribution in [2.75, 3.05) is 17.7 Å². The molecule has 0 aromatic heterocycles. The molecule has 1 atom stereocenters. The molecule has 0 bridgehead atoms. The number of hydrogen-bond donors (Lipinski definition) is 3. The number of thioether (sulfide) groups is 1. The number of methoxy groups -OCH3 is 1. The Morgan fingerprint density at radius 1 is 0.655 bits per heavy atom. The van der Waals surface area contributed by atoms with Gasteiger partial charge in [0.05, 0.1) is 18.4 Å². The van der Waals surface area contributed by atoms with Gasteiger partial charge in [0.15, 0.2) is 11.6 Å². The van der Waals surface area contributed by atoms with E-state index in [0.29, 0.717) is 38.6 Å². The highest BCUT2D eigenvalue weighted by Crippen LogP contribution is 2.39. The van der Waals surface area contributed by atoms with Crippen molar-refractivity contribution >= 4 is 58.5 Å². The third-order valence-corrected chi connectivity index (χ3v) is 10.1. The van der Waals surface area contributed by atoms with Crippen LogP contribution in [0, 0.1) is 0 Å². The highest BCUT2D eigenvalue weighted by atomic mass is 32.2. The second-order valence-corrected chi connectivity index (χ2v) is 13.6. The first-order valence-electron chi connectivity index (χ1n) is 17.3. The van der Waals surface area contributed by atoms with Crippen LogP contribution in [0.5, 0.6) is 5.75 Å². The van der Waals surface area contributed by atoms with Gasteiger partial charge in [-0.1, -0.05) is 109 Å². The minimum Gasteiger partial charge on any atom is -0.496 e. The molecule has 0 spiro atoms. The first kappa shape index (κ1) is 36.3. The fourth-order valence-corrected chi connectivity index (χ4v) is 7.30.